The van der Waals surface area contributed by atoms with Gasteiger partial charge >= 0.3 is 0 Å². The minimum absolute atomic E-state index is 0.0368. The van der Waals surface area contributed by atoms with E-state index in [0.717, 1.165) is 18.7 Å². The summed E-state index contributed by atoms with van der Waals surface area (Å²) in [5.41, 5.74) is 2.51. The van der Waals surface area contributed by atoms with Crippen LogP contribution in [0.1, 0.15) is 12.8 Å². The highest BCUT2D eigenvalue weighted by atomic mass is 19.1. The van der Waals surface area contributed by atoms with Crippen LogP contribution in [0.3, 0.4) is 0 Å². The van der Waals surface area contributed by atoms with Crippen molar-refractivity contribution >= 4 is 5.69 Å². The number of phenolic OH excluding ortho intramolecular Hbond substituents is 1. The first-order chi connectivity index (χ1) is 12.7. The van der Waals surface area contributed by atoms with Crippen LogP contribution in [0.15, 0.2) is 47.0 Å². The van der Waals surface area contributed by atoms with Crippen LogP contribution in [0.4, 0.5) is 10.1 Å². The summed E-state index contributed by atoms with van der Waals surface area (Å²) in [7, 11) is 1.36. The average Bonchev–Trinajstić information content (AvgIpc) is 3.36. The van der Waals surface area contributed by atoms with Gasteiger partial charge in [0.15, 0.2) is 23.1 Å². The van der Waals surface area contributed by atoms with Gasteiger partial charge in [0, 0.05) is 29.9 Å². The van der Waals surface area contributed by atoms with Crippen molar-refractivity contribution < 1.29 is 18.7 Å². The second-order valence-corrected chi connectivity index (χ2v) is 6.28. The fourth-order valence-electron chi connectivity index (χ4n) is 3.21. The van der Waals surface area contributed by atoms with Crippen LogP contribution in [0.2, 0.25) is 0 Å². The molecule has 26 heavy (non-hydrogen) atoms. The molecule has 0 atom stereocenters. The molecule has 5 nitrogen and oxygen atoms in total. The Balaban J connectivity index is 1.61. The molecule has 6 heteroatoms. The third-order valence-electron chi connectivity index (χ3n) is 4.62. The van der Waals surface area contributed by atoms with E-state index in [4.69, 9.17) is 9.15 Å². The van der Waals surface area contributed by atoms with E-state index in [1.807, 2.05) is 12.1 Å². The van der Waals surface area contributed by atoms with Gasteiger partial charge in [-0.05, 0) is 49.2 Å². The summed E-state index contributed by atoms with van der Waals surface area (Å²) in [5.74, 6) is -0.412. The van der Waals surface area contributed by atoms with E-state index in [1.54, 1.807) is 6.20 Å². The number of benzene rings is 2. The van der Waals surface area contributed by atoms with Gasteiger partial charge < -0.3 is 19.2 Å². The minimum atomic E-state index is -0.783. The van der Waals surface area contributed by atoms with Crippen LogP contribution in [0.5, 0.6) is 11.5 Å². The zero-order valence-corrected chi connectivity index (χ0v) is 14.4. The second-order valence-electron chi connectivity index (χ2n) is 6.28. The molecular weight excluding hydrogens is 335 g/mol. The Morgan fingerprint density at radius 3 is 2.54 bits per heavy atom. The molecule has 4 rings (SSSR count). The van der Waals surface area contributed by atoms with E-state index < -0.39 is 11.6 Å². The maximum absolute atomic E-state index is 13.8. The number of methoxy groups -OCH3 is 1. The Morgan fingerprint density at radius 1 is 1.12 bits per heavy atom. The van der Waals surface area contributed by atoms with Crippen molar-refractivity contribution in [2.24, 2.45) is 0 Å². The van der Waals surface area contributed by atoms with Gasteiger partial charge in [0.2, 0.25) is 5.89 Å². The van der Waals surface area contributed by atoms with Gasteiger partial charge in [-0.15, -0.1) is 0 Å². The number of nitrogens with zero attached hydrogens (tertiary/aromatic N) is 2. The van der Waals surface area contributed by atoms with E-state index >= 15 is 0 Å². The lowest BCUT2D eigenvalue weighted by atomic mass is 10.1. The quantitative estimate of drug-likeness (QED) is 0.749. The number of ether oxygens (including phenoxy) is 1. The van der Waals surface area contributed by atoms with Crippen molar-refractivity contribution in [1.82, 2.24) is 4.98 Å². The molecule has 2 heterocycles. The van der Waals surface area contributed by atoms with Gasteiger partial charge in [-0.1, -0.05) is 0 Å². The van der Waals surface area contributed by atoms with Crippen molar-refractivity contribution in [2.45, 2.75) is 12.8 Å². The molecule has 1 N–H and O–H groups in total. The van der Waals surface area contributed by atoms with Crippen molar-refractivity contribution in [3.63, 3.8) is 0 Å². The van der Waals surface area contributed by atoms with Crippen LogP contribution in [0, 0.1) is 5.82 Å². The third-order valence-corrected chi connectivity index (χ3v) is 4.62. The van der Waals surface area contributed by atoms with Crippen molar-refractivity contribution in [2.75, 3.05) is 25.1 Å². The second kappa shape index (κ2) is 6.71. The van der Waals surface area contributed by atoms with Gasteiger partial charge in [-0.25, -0.2) is 9.37 Å². The van der Waals surface area contributed by atoms with E-state index in [2.05, 4.69) is 22.0 Å². The van der Waals surface area contributed by atoms with E-state index in [-0.39, 0.29) is 11.6 Å². The average molecular weight is 354 g/mol. The Morgan fingerprint density at radius 2 is 1.85 bits per heavy atom. The van der Waals surface area contributed by atoms with Crippen LogP contribution < -0.4 is 9.64 Å². The third kappa shape index (κ3) is 2.98. The van der Waals surface area contributed by atoms with Crippen molar-refractivity contribution in [3.05, 3.63) is 48.4 Å². The lowest BCUT2D eigenvalue weighted by Gasteiger charge is -2.17. The number of aromatic hydroxyl groups is 1. The molecule has 0 spiro atoms. The molecule has 2 aromatic carbocycles. The van der Waals surface area contributed by atoms with Crippen molar-refractivity contribution in [3.8, 4) is 34.3 Å². The lowest BCUT2D eigenvalue weighted by molar-refractivity contribution is 0.357. The Hall–Kier alpha value is -3.02. The molecule has 3 aromatic rings. The fourth-order valence-corrected chi connectivity index (χ4v) is 3.21. The first-order valence-electron chi connectivity index (χ1n) is 8.54. The molecule has 0 amide bonds. The van der Waals surface area contributed by atoms with Crippen LogP contribution in [0.25, 0.3) is 22.8 Å². The number of halogens is 1. The van der Waals surface area contributed by atoms with Crippen LogP contribution in [-0.4, -0.2) is 30.3 Å². The summed E-state index contributed by atoms with van der Waals surface area (Å²) in [6.45, 7) is 2.19. The summed E-state index contributed by atoms with van der Waals surface area (Å²) >= 11 is 0. The molecule has 1 fully saturated rings. The zero-order chi connectivity index (χ0) is 18.1. The van der Waals surface area contributed by atoms with E-state index in [9.17, 15) is 9.50 Å². The molecule has 1 aromatic heterocycles. The first kappa shape index (κ1) is 16.4. The standard InChI is InChI=1S/C20H19FN2O3/c1-25-17-11-14(10-16(21)19(17)24)20-22-12-18(26-20)13-4-6-15(7-5-13)23-8-2-3-9-23/h4-7,10-12,24H,2-3,8-9H2,1H3. The highest BCUT2D eigenvalue weighted by Crippen LogP contribution is 2.35. The van der Waals surface area contributed by atoms with Crippen LogP contribution >= 0.6 is 0 Å². The van der Waals surface area contributed by atoms with Gasteiger partial charge in [-0.3, -0.25) is 0 Å². The van der Waals surface area contributed by atoms with Crippen LogP contribution in [-0.2, 0) is 0 Å². The van der Waals surface area contributed by atoms with Gasteiger partial charge in [0.25, 0.3) is 0 Å². The van der Waals surface area contributed by atoms with E-state index in [0.29, 0.717) is 11.3 Å². The molecule has 1 aliphatic rings. The molecule has 134 valence electrons. The number of hydrogen-bond donors (Lipinski definition) is 1. The van der Waals surface area contributed by atoms with Crippen molar-refractivity contribution in [1.29, 1.82) is 0 Å². The molecule has 1 saturated heterocycles. The molecule has 0 bridgehead atoms. The number of hydrogen-bond acceptors (Lipinski definition) is 5. The molecule has 0 radical (unpaired) electrons. The Kier molecular flexibility index (Phi) is 4.24. The number of rotatable bonds is 4. The largest absolute Gasteiger partial charge is 0.502 e. The lowest BCUT2D eigenvalue weighted by Crippen LogP contribution is -2.17. The topological polar surface area (TPSA) is 58.7 Å². The summed E-state index contributed by atoms with van der Waals surface area (Å²) in [6, 6.07) is 10.8. The monoisotopic (exact) mass is 354 g/mol. The predicted octanol–water partition coefficient (Wildman–Crippen LogP) is 4.46. The molecule has 0 aliphatic carbocycles. The highest BCUT2D eigenvalue weighted by Gasteiger charge is 2.16. The maximum Gasteiger partial charge on any atom is 0.226 e. The Bertz CT molecular complexity index is 915. The summed E-state index contributed by atoms with van der Waals surface area (Å²) in [5, 5.41) is 9.61. The summed E-state index contributed by atoms with van der Waals surface area (Å²) < 4.78 is 24.6. The zero-order valence-electron chi connectivity index (χ0n) is 14.4. The molecule has 1 aliphatic heterocycles. The number of phenols is 1. The first-order valence-corrected chi connectivity index (χ1v) is 8.54. The summed E-state index contributed by atoms with van der Waals surface area (Å²) in [6.07, 6.45) is 4.08. The van der Waals surface area contributed by atoms with Gasteiger partial charge in [-0.2, -0.15) is 0 Å². The molecule has 0 saturated carbocycles. The SMILES string of the molecule is COc1cc(-c2ncc(-c3ccc(N4CCCC4)cc3)o2)cc(F)c1O. The summed E-state index contributed by atoms with van der Waals surface area (Å²) in [4.78, 5) is 6.59. The number of oxazole rings is 1. The predicted molar refractivity (Wildman–Crippen MR) is 97.0 cm³/mol. The van der Waals surface area contributed by atoms with E-state index in [1.165, 1.54) is 37.8 Å². The number of anilines is 1. The minimum Gasteiger partial charge on any atom is -0.502 e. The molecular formula is C20H19FN2O3. The van der Waals surface area contributed by atoms with Gasteiger partial charge in [0.05, 0.1) is 13.3 Å². The Labute approximate surface area is 150 Å². The highest BCUT2D eigenvalue weighted by molar-refractivity contribution is 5.65. The smallest absolute Gasteiger partial charge is 0.226 e. The van der Waals surface area contributed by atoms with Gasteiger partial charge in [0.1, 0.15) is 0 Å². The fraction of sp³-hybridized carbons (Fsp3) is 0.250. The molecule has 0 unspecified atom stereocenters. The number of aromatic nitrogens is 1. The normalized spacial score (nSPS) is 14.0. The maximum atomic E-state index is 13.8.